The second kappa shape index (κ2) is 7.70. The van der Waals surface area contributed by atoms with Crippen molar-refractivity contribution in [3.63, 3.8) is 0 Å². The number of hydrogen-bond acceptors (Lipinski definition) is 4. The third-order valence-electron chi connectivity index (χ3n) is 3.05. The van der Waals surface area contributed by atoms with Crippen LogP contribution in [0.3, 0.4) is 0 Å². The predicted octanol–water partition coefficient (Wildman–Crippen LogP) is 3.01. The van der Waals surface area contributed by atoms with Gasteiger partial charge in [-0.3, -0.25) is 4.79 Å². The Kier molecular flexibility index (Phi) is 5.38. The van der Waals surface area contributed by atoms with E-state index in [4.69, 9.17) is 10.00 Å². The highest BCUT2D eigenvalue weighted by Crippen LogP contribution is 2.16. The summed E-state index contributed by atoms with van der Waals surface area (Å²) in [6, 6.07) is 16.4. The smallest absolute Gasteiger partial charge is 0.226 e. The number of nitrogens with one attached hydrogen (secondary N) is 2. The number of carbonyl (C=O) groups is 1. The molecule has 0 unspecified atom stereocenters. The topological polar surface area (TPSA) is 74.2 Å². The summed E-state index contributed by atoms with van der Waals surface area (Å²) in [5.41, 5.74) is 2.21. The molecular weight excluding hydrogens is 278 g/mol. The molecule has 0 spiro atoms. The molecule has 112 valence electrons. The van der Waals surface area contributed by atoms with Crippen molar-refractivity contribution in [1.29, 1.82) is 5.26 Å². The number of carbonyl (C=O) groups excluding carboxylic acids is 1. The largest absolute Gasteiger partial charge is 0.497 e. The van der Waals surface area contributed by atoms with E-state index in [0.717, 1.165) is 5.69 Å². The van der Waals surface area contributed by atoms with Crippen molar-refractivity contribution in [2.75, 3.05) is 24.3 Å². The van der Waals surface area contributed by atoms with Gasteiger partial charge in [-0.15, -0.1) is 0 Å². The molecule has 2 aromatic carbocycles. The normalized spacial score (nSPS) is 9.64. The minimum atomic E-state index is -0.0746. The molecule has 0 aliphatic heterocycles. The SMILES string of the molecule is COc1cccc(NC(=O)CCNc2ccc(C#N)cc2)c1. The molecule has 0 saturated carbocycles. The number of ether oxygens (including phenoxy) is 1. The van der Waals surface area contributed by atoms with Crippen LogP contribution in [0.1, 0.15) is 12.0 Å². The molecule has 2 aromatic rings. The molecule has 0 fully saturated rings. The Morgan fingerprint density at radius 2 is 1.95 bits per heavy atom. The van der Waals surface area contributed by atoms with Crippen LogP contribution in [0.2, 0.25) is 0 Å². The summed E-state index contributed by atoms with van der Waals surface area (Å²) in [6.07, 6.45) is 0.344. The summed E-state index contributed by atoms with van der Waals surface area (Å²) in [5, 5.41) is 14.7. The van der Waals surface area contributed by atoms with E-state index >= 15 is 0 Å². The molecule has 0 radical (unpaired) electrons. The zero-order valence-corrected chi connectivity index (χ0v) is 12.3. The van der Waals surface area contributed by atoms with E-state index in [9.17, 15) is 4.79 Å². The number of benzene rings is 2. The second-order valence-electron chi connectivity index (χ2n) is 4.65. The van der Waals surface area contributed by atoms with Gasteiger partial charge in [0, 0.05) is 30.4 Å². The van der Waals surface area contributed by atoms with E-state index in [2.05, 4.69) is 16.7 Å². The Morgan fingerprint density at radius 3 is 2.64 bits per heavy atom. The number of methoxy groups -OCH3 is 1. The van der Waals surface area contributed by atoms with Crippen LogP contribution in [0, 0.1) is 11.3 Å². The maximum absolute atomic E-state index is 11.9. The lowest BCUT2D eigenvalue weighted by molar-refractivity contribution is -0.115. The van der Waals surface area contributed by atoms with Crippen molar-refractivity contribution in [3.8, 4) is 11.8 Å². The van der Waals surface area contributed by atoms with Crippen molar-refractivity contribution >= 4 is 17.3 Å². The Hall–Kier alpha value is -3.00. The van der Waals surface area contributed by atoms with E-state index in [1.807, 2.05) is 30.3 Å². The number of anilines is 2. The van der Waals surface area contributed by atoms with Crippen molar-refractivity contribution in [3.05, 3.63) is 54.1 Å². The highest BCUT2D eigenvalue weighted by atomic mass is 16.5. The first-order chi connectivity index (χ1) is 10.7. The van der Waals surface area contributed by atoms with Crippen LogP contribution in [0.15, 0.2) is 48.5 Å². The van der Waals surface area contributed by atoms with Crippen LogP contribution < -0.4 is 15.4 Å². The molecule has 22 heavy (non-hydrogen) atoms. The second-order valence-corrected chi connectivity index (χ2v) is 4.65. The lowest BCUT2D eigenvalue weighted by Crippen LogP contribution is -2.16. The van der Waals surface area contributed by atoms with E-state index in [-0.39, 0.29) is 5.91 Å². The van der Waals surface area contributed by atoms with Crippen LogP contribution in [-0.2, 0) is 4.79 Å². The first-order valence-electron chi connectivity index (χ1n) is 6.89. The highest BCUT2D eigenvalue weighted by molar-refractivity contribution is 5.91. The molecule has 0 aromatic heterocycles. The van der Waals surface area contributed by atoms with Gasteiger partial charge in [0.15, 0.2) is 0 Å². The summed E-state index contributed by atoms with van der Waals surface area (Å²) < 4.78 is 5.11. The molecule has 2 rings (SSSR count). The van der Waals surface area contributed by atoms with Gasteiger partial charge in [0.25, 0.3) is 0 Å². The van der Waals surface area contributed by atoms with Gasteiger partial charge in [-0.2, -0.15) is 5.26 Å². The Bertz CT molecular complexity index is 675. The maximum Gasteiger partial charge on any atom is 0.226 e. The zero-order valence-electron chi connectivity index (χ0n) is 12.3. The Morgan fingerprint density at radius 1 is 1.18 bits per heavy atom. The van der Waals surface area contributed by atoms with Crippen molar-refractivity contribution in [2.24, 2.45) is 0 Å². The monoisotopic (exact) mass is 295 g/mol. The first kappa shape index (κ1) is 15.4. The van der Waals surface area contributed by atoms with Gasteiger partial charge in [-0.25, -0.2) is 0 Å². The fourth-order valence-electron chi connectivity index (χ4n) is 1.91. The minimum Gasteiger partial charge on any atom is -0.497 e. The number of hydrogen-bond donors (Lipinski definition) is 2. The van der Waals surface area contributed by atoms with E-state index in [1.54, 1.807) is 25.3 Å². The average Bonchev–Trinajstić information content (AvgIpc) is 2.55. The molecule has 5 nitrogen and oxygen atoms in total. The fourth-order valence-corrected chi connectivity index (χ4v) is 1.91. The van der Waals surface area contributed by atoms with Crippen LogP contribution in [0.4, 0.5) is 11.4 Å². The van der Waals surface area contributed by atoms with Crippen molar-refractivity contribution in [2.45, 2.75) is 6.42 Å². The minimum absolute atomic E-state index is 0.0746. The van der Waals surface area contributed by atoms with Gasteiger partial charge in [-0.1, -0.05) is 6.07 Å². The van der Waals surface area contributed by atoms with Gasteiger partial charge in [0.05, 0.1) is 18.7 Å². The summed E-state index contributed by atoms with van der Waals surface area (Å²) in [6.45, 7) is 0.516. The number of nitriles is 1. The summed E-state index contributed by atoms with van der Waals surface area (Å²) in [7, 11) is 1.59. The molecule has 2 N–H and O–H groups in total. The number of rotatable bonds is 6. The molecule has 1 amide bonds. The van der Waals surface area contributed by atoms with Crippen molar-refractivity contribution in [1.82, 2.24) is 0 Å². The predicted molar refractivity (Wildman–Crippen MR) is 85.9 cm³/mol. The zero-order chi connectivity index (χ0) is 15.8. The lowest BCUT2D eigenvalue weighted by Gasteiger charge is -2.08. The number of amides is 1. The van der Waals surface area contributed by atoms with E-state index in [1.165, 1.54) is 0 Å². The molecule has 0 atom stereocenters. The van der Waals surface area contributed by atoms with Gasteiger partial charge >= 0.3 is 0 Å². The molecule has 0 heterocycles. The third kappa shape index (κ3) is 4.53. The summed E-state index contributed by atoms with van der Waals surface area (Å²) >= 11 is 0. The average molecular weight is 295 g/mol. The van der Waals surface area contributed by atoms with Crippen LogP contribution >= 0.6 is 0 Å². The van der Waals surface area contributed by atoms with E-state index in [0.29, 0.717) is 30.0 Å². The van der Waals surface area contributed by atoms with Crippen LogP contribution in [0.25, 0.3) is 0 Å². The van der Waals surface area contributed by atoms with E-state index < -0.39 is 0 Å². The van der Waals surface area contributed by atoms with Gasteiger partial charge in [0.2, 0.25) is 5.91 Å². The molecule has 0 bridgehead atoms. The first-order valence-corrected chi connectivity index (χ1v) is 6.89. The maximum atomic E-state index is 11.9. The molecule has 0 saturated heterocycles. The van der Waals surface area contributed by atoms with Gasteiger partial charge in [-0.05, 0) is 36.4 Å². The van der Waals surface area contributed by atoms with Crippen LogP contribution in [-0.4, -0.2) is 19.6 Å². The van der Waals surface area contributed by atoms with Gasteiger partial charge in [0.1, 0.15) is 5.75 Å². The standard InChI is InChI=1S/C17H17N3O2/c1-22-16-4-2-3-15(11-16)20-17(21)9-10-19-14-7-5-13(12-18)6-8-14/h2-8,11,19H,9-10H2,1H3,(H,20,21). The Balaban J connectivity index is 1.78. The lowest BCUT2D eigenvalue weighted by atomic mass is 10.2. The molecule has 0 aliphatic rings. The van der Waals surface area contributed by atoms with Crippen LogP contribution in [0.5, 0.6) is 5.75 Å². The quantitative estimate of drug-likeness (QED) is 0.859. The summed E-state index contributed by atoms with van der Waals surface area (Å²) in [5.74, 6) is 0.628. The molecular formula is C17H17N3O2. The Labute approximate surface area is 129 Å². The third-order valence-corrected chi connectivity index (χ3v) is 3.05. The summed E-state index contributed by atoms with van der Waals surface area (Å²) in [4.78, 5) is 11.9. The van der Waals surface area contributed by atoms with Gasteiger partial charge < -0.3 is 15.4 Å². The van der Waals surface area contributed by atoms with Crippen molar-refractivity contribution < 1.29 is 9.53 Å². The highest BCUT2D eigenvalue weighted by Gasteiger charge is 2.03. The molecule has 5 heteroatoms. The number of nitrogens with zero attached hydrogens (tertiary/aromatic N) is 1. The molecule has 0 aliphatic carbocycles. The fraction of sp³-hybridized carbons (Fsp3) is 0.176.